The lowest BCUT2D eigenvalue weighted by Gasteiger charge is -2.20. The van der Waals surface area contributed by atoms with Crippen molar-refractivity contribution in [2.75, 3.05) is 12.4 Å². The van der Waals surface area contributed by atoms with Crippen LogP contribution in [0, 0.1) is 5.82 Å². The highest BCUT2D eigenvalue weighted by Crippen LogP contribution is 2.45. The van der Waals surface area contributed by atoms with Gasteiger partial charge < -0.3 is 20.5 Å². The van der Waals surface area contributed by atoms with Crippen LogP contribution in [0.15, 0.2) is 24.3 Å². The summed E-state index contributed by atoms with van der Waals surface area (Å²) in [6, 6.07) is 5.44. The quantitative estimate of drug-likeness (QED) is 0.685. The van der Waals surface area contributed by atoms with Gasteiger partial charge in [-0.2, -0.15) is 0 Å². The van der Waals surface area contributed by atoms with Crippen molar-refractivity contribution in [3.8, 4) is 5.75 Å². The molecule has 0 saturated heterocycles. The van der Waals surface area contributed by atoms with Crippen molar-refractivity contribution < 1.29 is 19.0 Å². The van der Waals surface area contributed by atoms with Gasteiger partial charge in [0.1, 0.15) is 11.6 Å². The Kier molecular flexibility index (Phi) is 5.51. The van der Waals surface area contributed by atoms with Gasteiger partial charge in [-0.05, 0) is 43.0 Å². The van der Waals surface area contributed by atoms with Crippen LogP contribution in [0.25, 0.3) is 0 Å². The lowest BCUT2D eigenvalue weighted by Crippen LogP contribution is -2.29. The molecule has 0 saturated carbocycles. The molecule has 0 spiro atoms. The first kappa shape index (κ1) is 19.7. The molecule has 1 unspecified atom stereocenters. The zero-order chi connectivity index (χ0) is 19.8. The van der Waals surface area contributed by atoms with Crippen LogP contribution in [0.2, 0.25) is 10.0 Å². The molecular formula is C19H19Cl2FN2O3. The summed E-state index contributed by atoms with van der Waals surface area (Å²) in [5.74, 6) is -0.0845. The molecule has 0 fully saturated rings. The molecule has 0 aliphatic heterocycles. The Morgan fingerprint density at radius 3 is 2.78 bits per heavy atom. The minimum absolute atomic E-state index is 0.0173. The molecule has 0 bridgehead atoms. The van der Waals surface area contributed by atoms with E-state index in [-0.39, 0.29) is 17.3 Å². The van der Waals surface area contributed by atoms with Gasteiger partial charge in [0.15, 0.2) is 0 Å². The number of hydrogen-bond donors (Lipinski definition) is 3. The Balaban J connectivity index is 1.72. The second kappa shape index (κ2) is 7.54. The lowest BCUT2D eigenvalue weighted by atomic mass is 9.98. The van der Waals surface area contributed by atoms with Gasteiger partial charge in [0.05, 0.1) is 28.4 Å². The Hall–Kier alpha value is -2.02. The van der Waals surface area contributed by atoms with Gasteiger partial charge in [-0.3, -0.25) is 0 Å². The summed E-state index contributed by atoms with van der Waals surface area (Å²) in [4.78, 5) is 12.2. The van der Waals surface area contributed by atoms with E-state index < -0.39 is 17.4 Å². The van der Waals surface area contributed by atoms with E-state index in [0.29, 0.717) is 34.7 Å². The van der Waals surface area contributed by atoms with E-state index in [1.54, 1.807) is 19.1 Å². The van der Waals surface area contributed by atoms with Gasteiger partial charge in [0.2, 0.25) is 0 Å². The van der Waals surface area contributed by atoms with E-state index >= 15 is 0 Å². The van der Waals surface area contributed by atoms with Crippen LogP contribution in [0.5, 0.6) is 5.75 Å². The van der Waals surface area contributed by atoms with Crippen LogP contribution in [-0.4, -0.2) is 18.2 Å². The Bertz CT molecular complexity index is 903. The van der Waals surface area contributed by atoms with Crippen molar-refractivity contribution in [2.24, 2.45) is 0 Å². The van der Waals surface area contributed by atoms with E-state index in [4.69, 9.17) is 27.9 Å². The molecule has 144 valence electrons. The van der Waals surface area contributed by atoms with Gasteiger partial charge in [0, 0.05) is 18.2 Å². The number of ether oxygens (including phenoxy) is 1. The van der Waals surface area contributed by atoms with E-state index in [0.717, 1.165) is 5.56 Å². The number of carbonyl (C=O) groups excluding carboxylic acids is 1. The molecular weight excluding hydrogens is 394 g/mol. The third kappa shape index (κ3) is 3.98. The van der Waals surface area contributed by atoms with E-state index in [9.17, 15) is 14.3 Å². The minimum atomic E-state index is -0.991. The van der Waals surface area contributed by atoms with Crippen molar-refractivity contribution in [3.05, 3.63) is 56.8 Å². The number of aliphatic hydroxyl groups is 1. The summed E-state index contributed by atoms with van der Waals surface area (Å²) in [6.45, 7) is 1.69. The monoisotopic (exact) mass is 412 g/mol. The summed E-state index contributed by atoms with van der Waals surface area (Å²) >= 11 is 12.6. The fourth-order valence-corrected chi connectivity index (χ4v) is 3.78. The van der Waals surface area contributed by atoms with Crippen LogP contribution in [0.3, 0.4) is 0 Å². The molecule has 3 N–H and O–H groups in total. The number of benzene rings is 2. The normalized spacial score (nSPS) is 18.1. The van der Waals surface area contributed by atoms with Crippen molar-refractivity contribution in [1.29, 1.82) is 0 Å². The number of halogens is 3. The van der Waals surface area contributed by atoms with E-state index in [2.05, 4.69) is 10.6 Å². The molecule has 8 heteroatoms. The van der Waals surface area contributed by atoms with Crippen molar-refractivity contribution in [1.82, 2.24) is 5.32 Å². The molecule has 5 nitrogen and oxygen atoms in total. The number of methoxy groups -OCH3 is 1. The summed E-state index contributed by atoms with van der Waals surface area (Å²) in [5.41, 5.74) is 1.02. The van der Waals surface area contributed by atoms with Crippen molar-refractivity contribution in [2.45, 2.75) is 31.9 Å². The van der Waals surface area contributed by atoms with Crippen molar-refractivity contribution in [3.63, 3.8) is 0 Å². The molecule has 0 aromatic heterocycles. The molecule has 1 aliphatic rings. The fourth-order valence-electron chi connectivity index (χ4n) is 3.13. The molecule has 27 heavy (non-hydrogen) atoms. The second-order valence-corrected chi connectivity index (χ2v) is 7.40. The third-order valence-electron chi connectivity index (χ3n) is 4.70. The average Bonchev–Trinajstić information content (AvgIpc) is 2.92. The first-order valence-electron chi connectivity index (χ1n) is 8.34. The molecule has 2 amide bonds. The largest absolute Gasteiger partial charge is 0.497 e. The summed E-state index contributed by atoms with van der Waals surface area (Å²) in [7, 11) is 1.45. The first-order chi connectivity index (χ1) is 12.7. The van der Waals surface area contributed by atoms with Gasteiger partial charge in [-0.1, -0.05) is 29.3 Å². The summed E-state index contributed by atoms with van der Waals surface area (Å²) in [6.07, 6.45) is 1.12. The Morgan fingerprint density at radius 2 is 2.11 bits per heavy atom. The number of urea groups is 1. The van der Waals surface area contributed by atoms with Gasteiger partial charge in [-0.15, -0.1) is 0 Å². The maximum absolute atomic E-state index is 13.9. The van der Waals surface area contributed by atoms with Crippen LogP contribution in [-0.2, 0) is 18.6 Å². The van der Waals surface area contributed by atoms with Gasteiger partial charge in [0.25, 0.3) is 0 Å². The molecule has 1 aliphatic carbocycles. The number of anilines is 1. The molecule has 3 rings (SSSR count). The standard InChI is InChI=1S/C19H19Cl2FN2O3/c1-19(26)6-5-12-13(19)8-14(20)17(16(12)21)24-18(25)23-9-10-3-4-11(27-2)7-15(10)22/h3-4,7-8,26H,5-6,9H2,1-2H3,(H2,23,24,25). The summed E-state index contributed by atoms with van der Waals surface area (Å²) in [5, 5.41) is 16.1. The molecule has 2 aromatic carbocycles. The van der Waals surface area contributed by atoms with Crippen LogP contribution >= 0.6 is 23.2 Å². The van der Waals surface area contributed by atoms with Crippen LogP contribution in [0.4, 0.5) is 14.9 Å². The van der Waals surface area contributed by atoms with Crippen molar-refractivity contribution >= 4 is 34.9 Å². The number of rotatable bonds is 4. The molecule has 2 aromatic rings. The highest BCUT2D eigenvalue weighted by Gasteiger charge is 2.35. The Labute approximate surface area is 166 Å². The minimum Gasteiger partial charge on any atom is -0.497 e. The number of amides is 2. The first-order valence-corrected chi connectivity index (χ1v) is 9.09. The fraction of sp³-hybridized carbons (Fsp3) is 0.316. The Morgan fingerprint density at radius 1 is 1.37 bits per heavy atom. The maximum Gasteiger partial charge on any atom is 0.319 e. The number of hydrogen-bond acceptors (Lipinski definition) is 3. The predicted octanol–water partition coefficient (Wildman–Crippen LogP) is 4.62. The highest BCUT2D eigenvalue weighted by molar-refractivity contribution is 6.40. The summed E-state index contributed by atoms with van der Waals surface area (Å²) < 4.78 is 18.9. The van der Waals surface area contributed by atoms with Gasteiger partial charge >= 0.3 is 6.03 Å². The average molecular weight is 413 g/mol. The van der Waals surface area contributed by atoms with Crippen LogP contribution < -0.4 is 15.4 Å². The zero-order valence-corrected chi connectivity index (χ0v) is 16.3. The van der Waals surface area contributed by atoms with Gasteiger partial charge in [-0.25, -0.2) is 9.18 Å². The number of nitrogens with one attached hydrogen (secondary N) is 2. The molecule has 0 heterocycles. The topological polar surface area (TPSA) is 70.6 Å². The molecule has 1 atom stereocenters. The number of carbonyl (C=O) groups is 1. The zero-order valence-electron chi connectivity index (χ0n) is 14.8. The van der Waals surface area contributed by atoms with E-state index in [1.807, 2.05) is 0 Å². The highest BCUT2D eigenvalue weighted by atomic mass is 35.5. The number of fused-ring (bicyclic) bond motifs is 1. The predicted molar refractivity (Wildman–Crippen MR) is 103 cm³/mol. The lowest BCUT2D eigenvalue weighted by molar-refractivity contribution is 0.0595. The third-order valence-corrected chi connectivity index (χ3v) is 5.41. The second-order valence-electron chi connectivity index (χ2n) is 6.61. The van der Waals surface area contributed by atoms with Crippen LogP contribution in [0.1, 0.15) is 30.0 Å². The SMILES string of the molecule is COc1ccc(CNC(=O)Nc2c(Cl)cc3c(c2Cl)CCC3(C)O)c(F)c1. The smallest absolute Gasteiger partial charge is 0.319 e. The molecule has 0 radical (unpaired) electrons. The van der Waals surface area contributed by atoms with E-state index in [1.165, 1.54) is 19.2 Å². The maximum atomic E-state index is 13.9.